The Balaban J connectivity index is 2.21. The number of ether oxygens (including phenoxy) is 1. The van der Waals surface area contributed by atoms with Gasteiger partial charge in [0, 0.05) is 12.1 Å². The molecule has 8 heteroatoms. The minimum atomic E-state index is -0.834. The van der Waals surface area contributed by atoms with Crippen molar-refractivity contribution >= 4 is 40.7 Å². The van der Waals surface area contributed by atoms with Gasteiger partial charge in [-0.25, -0.2) is 0 Å². The number of hydrogen-bond acceptors (Lipinski definition) is 5. The lowest BCUT2D eigenvalue weighted by Crippen LogP contribution is -2.30. The third-order valence-corrected chi connectivity index (χ3v) is 5.54. The second-order valence-electron chi connectivity index (χ2n) is 6.78. The molecular weight excluding hydrogens is 429 g/mol. The van der Waals surface area contributed by atoms with Crippen molar-refractivity contribution < 1.29 is 24.5 Å². The molecule has 1 heterocycles. The van der Waals surface area contributed by atoms with E-state index in [1.807, 2.05) is 6.92 Å². The van der Waals surface area contributed by atoms with Gasteiger partial charge in [-0.05, 0) is 49.2 Å². The fourth-order valence-corrected chi connectivity index (χ4v) is 3.77. The smallest absolute Gasteiger partial charge is 0.295 e. The molecule has 1 amide bonds. The van der Waals surface area contributed by atoms with Gasteiger partial charge in [0.25, 0.3) is 11.7 Å². The molecule has 30 heavy (non-hydrogen) atoms. The second kappa shape index (κ2) is 8.98. The molecule has 2 aromatic carbocycles. The summed E-state index contributed by atoms with van der Waals surface area (Å²) in [5.74, 6) is -1.66. The molecule has 158 valence electrons. The molecule has 1 aliphatic rings. The van der Waals surface area contributed by atoms with Gasteiger partial charge in [0.15, 0.2) is 11.5 Å². The van der Waals surface area contributed by atoms with Gasteiger partial charge in [-0.2, -0.15) is 0 Å². The molecule has 0 spiro atoms. The number of carbonyl (C=O) groups excluding carboxylic acids is 2. The van der Waals surface area contributed by atoms with Crippen molar-refractivity contribution in [1.82, 2.24) is 4.90 Å². The maximum atomic E-state index is 12.9. The molecule has 0 radical (unpaired) electrons. The highest BCUT2D eigenvalue weighted by Crippen LogP contribution is 2.42. The van der Waals surface area contributed by atoms with E-state index >= 15 is 0 Å². The number of ketones is 1. The second-order valence-corrected chi connectivity index (χ2v) is 7.60. The Kier molecular flexibility index (Phi) is 6.58. The van der Waals surface area contributed by atoms with Crippen molar-refractivity contribution in [2.45, 2.75) is 26.3 Å². The number of nitrogens with zero attached hydrogens (tertiary/aromatic N) is 1. The molecule has 3 rings (SSSR count). The summed E-state index contributed by atoms with van der Waals surface area (Å²) in [6.07, 6.45) is 0.618. The highest BCUT2D eigenvalue weighted by molar-refractivity contribution is 6.46. The minimum Gasteiger partial charge on any atom is -0.507 e. The normalized spacial score (nSPS) is 18.1. The number of halogens is 2. The SMILES string of the molecule is CCCN1C(=O)C(=O)/C(=C(\O)c2ccc(Cl)c(Cl)c2)C1c1ccc(O)c(OCC)c1. The van der Waals surface area contributed by atoms with Crippen LogP contribution in [0.3, 0.4) is 0 Å². The van der Waals surface area contributed by atoms with E-state index in [0.717, 1.165) is 0 Å². The summed E-state index contributed by atoms with van der Waals surface area (Å²) in [5, 5.41) is 21.5. The number of aliphatic hydroxyl groups is 1. The van der Waals surface area contributed by atoms with Crippen LogP contribution < -0.4 is 4.74 Å². The summed E-state index contributed by atoms with van der Waals surface area (Å²) in [7, 11) is 0. The number of likely N-dealkylation sites (tertiary alicyclic amines) is 1. The number of hydrogen-bond donors (Lipinski definition) is 2. The Bertz CT molecular complexity index is 1030. The zero-order chi connectivity index (χ0) is 22.0. The van der Waals surface area contributed by atoms with Gasteiger partial charge in [-0.15, -0.1) is 0 Å². The van der Waals surface area contributed by atoms with Gasteiger partial charge in [-0.1, -0.05) is 36.2 Å². The first-order chi connectivity index (χ1) is 14.3. The van der Waals surface area contributed by atoms with E-state index in [0.29, 0.717) is 30.2 Å². The molecule has 0 saturated carbocycles. The predicted molar refractivity (Wildman–Crippen MR) is 115 cm³/mol. The number of Topliss-reactive ketones (excluding diaryl/α,β-unsaturated/α-hetero) is 1. The van der Waals surface area contributed by atoms with Crippen molar-refractivity contribution in [2.24, 2.45) is 0 Å². The number of aliphatic hydroxyl groups excluding tert-OH is 1. The van der Waals surface area contributed by atoms with Crippen LogP contribution in [0.5, 0.6) is 11.5 Å². The van der Waals surface area contributed by atoms with Gasteiger partial charge in [0.1, 0.15) is 5.76 Å². The standard InChI is InChI=1S/C22H21Cl2NO5/c1-3-9-25-19(12-6-8-16(26)17(11-12)30-4-2)18(21(28)22(25)29)20(27)13-5-7-14(23)15(24)10-13/h5-8,10-11,19,26-27H,3-4,9H2,1-2H3/b20-18-. The number of phenols is 1. The first-order valence-corrected chi connectivity index (χ1v) is 10.2. The maximum Gasteiger partial charge on any atom is 0.295 e. The van der Waals surface area contributed by atoms with Crippen LogP contribution in [-0.4, -0.2) is 40.0 Å². The monoisotopic (exact) mass is 449 g/mol. The minimum absolute atomic E-state index is 0.0556. The topological polar surface area (TPSA) is 87.1 Å². The molecular formula is C22H21Cl2NO5. The quantitative estimate of drug-likeness (QED) is 0.370. The lowest BCUT2D eigenvalue weighted by atomic mass is 9.95. The molecule has 1 fully saturated rings. The third-order valence-electron chi connectivity index (χ3n) is 4.80. The van der Waals surface area contributed by atoms with Crippen LogP contribution in [0.25, 0.3) is 5.76 Å². The molecule has 0 bridgehead atoms. The zero-order valence-electron chi connectivity index (χ0n) is 16.5. The average molecular weight is 450 g/mol. The Hall–Kier alpha value is -2.70. The maximum absolute atomic E-state index is 12.9. The fraction of sp³-hybridized carbons (Fsp3) is 0.273. The summed E-state index contributed by atoms with van der Waals surface area (Å²) in [5.41, 5.74) is 0.748. The molecule has 1 aliphatic heterocycles. The molecule has 2 aromatic rings. The number of rotatable bonds is 6. The molecule has 1 atom stereocenters. The Morgan fingerprint density at radius 3 is 2.47 bits per heavy atom. The van der Waals surface area contributed by atoms with Gasteiger partial charge in [0.05, 0.1) is 28.3 Å². The third kappa shape index (κ3) is 3.98. The zero-order valence-corrected chi connectivity index (χ0v) is 18.0. The average Bonchev–Trinajstić information content (AvgIpc) is 2.96. The predicted octanol–water partition coefficient (Wildman–Crippen LogP) is 4.93. The van der Waals surface area contributed by atoms with E-state index in [-0.39, 0.29) is 33.4 Å². The largest absolute Gasteiger partial charge is 0.507 e. The molecule has 2 N–H and O–H groups in total. The number of amides is 1. The van der Waals surface area contributed by atoms with Crippen LogP contribution in [0.1, 0.15) is 37.4 Å². The van der Waals surface area contributed by atoms with Crippen LogP contribution in [0.2, 0.25) is 10.0 Å². The van der Waals surface area contributed by atoms with Gasteiger partial charge in [-0.3, -0.25) is 9.59 Å². The van der Waals surface area contributed by atoms with Gasteiger partial charge in [0.2, 0.25) is 0 Å². The summed E-state index contributed by atoms with van der Waals surface area (Å²) in [4.78, 5) is 27.0. The van der Waals surface area contributed by atoms with Crippen molar-refractivity contribution in [2.75, 3.05) is 13.2 Å². The van der Waals surface area contributed by atoms with E-state index in [9.17, 15) is 19.8 Å². The Labute approximate surface area is 184 Å². The van der Waals surface area contributed by atoms with Gasteiger partial charge < -0.3 is 19.8 Å². The number of phenolic OH excluding ortho intramolecular Hbond substituents is 1. The molecule has 0 aromatic heterocycles. The summed E-state index contributed by atoms with van der Waals surface area (Å²) in [6, 6.07) is 8.23. The van der Waals surface area contributed by atoms with E-state index in [1.54, 1.807) is 19.1 Å². The van der Waals surface area contributed by atoms with Crippen molar-refractivity contribution in [3.63, 3.8) is 0 Å². The molecule has 1 saturated heterocycles. The van der Waals surface area contributed by atoms with Crippen molar-refractivity contribution in [3.05, 3.63) is 63.1 Å². The van der Waals surface area contributed by atoms with Crippen LogP contribution >= 0.6 is 23.2 Å². The summed E-state index contributed by atoms with van der Waals surface area (Å²) < 4.78 is 5.45. The van der Waals surface area contributed by atoms with Crippen LogP contribution in [0.4, 0.5) is 0 Å². The molecule has 0 aliphatic carbocycles. The highest BCUT2D eigenvalue weighted by atomic mass is 35.5. The number of aromatic hydroxyl groups is 1. The van der Waals surface area contributed by atoms with E-state index in [1.165, 1.54) is 29.2 Å². The highest BCUT2D eigenvalue weighted by Gasteiger charge is 2.45. The fourth-order valence-electron chi connectivity index (χ4n) is 3.47. The number of benzene rings is 2. The van der Waals surface area contributed by atoms with E-state index in [4.69, 9.17) is 27.9 Å². The number of carbonyl (C=O) groups is 2. The van der Waals surface area contributed by atoms with Crippen molar-refractivity contribution in [3.8, 4) is 11.5 Å². The first kappa shape index (κ1) is 22.0. The summed E-state index contributed by atoms with van der Waals surface area (Å²) >= 11 is 12.0. The lowest BCUT2D eigenvalue weighted by molar-refractivity contribution is -0.139. The van der Waals surface area contributed by atoms with E-state index in [2.05, 4.69) is 0 Å². The Morgan fingerprint density at radius 2 is 1.83 bits per heavy atom. The first-order valence-electron chi connectivity index (χ1n) is 9.49. The van der Waals surface area contributed by atoms with Gasteiger partial charge >= 0.3 is 0 Å². The summed E-state index contributed by atoms with van der Waals surface area (Å²) in [6.45, 7) is 4.31. The Morgan fingerprint density at radius 1 is 1.10 bits per heavy atom. The van der Waals surface area contributed by atoms with Crippen molar-refractivity contribution in [1.29, 1.82) is 0 Å². The molecule has 6 nitrogen and oxygen atoms in total. The molecule has 1 unspecified atom stereocenters. The van der Waals surface area contributed by atoms with Crippen LogP contribution in [0, 0.1) is 0 Å². The lowest BCUT2D eigenvalue weighted by Gasteiger charge is -2.25. The van der Waals surface area contributed by atoms with E-state index < -0.39 is 17.7 Å². The van der Waals surface area contributed by atoms with Crippen LogP contribution in [-0.2, 0) is 9.59 Å². The van der Waals surface area contributed by atoms with Crippen LogP contribution in [0.15, 0.2) is 42.0 Å².